The molecule has 0 fully saturated rings. The van der Waals surface area contributed by atoms with Gasteiger partial charge in [0.25, 0.3) is 0 Å². The summed E-state index contributed by atoms with van der Waals surface area (Å²) < 4.78 is 26.8. The van der Waals surface area contributed by atoms with Crippen LogP contribution in [-0.4, -0.2) is 44.3 Å². The summed E-state index contributed by atoms with van der Waals surface area (Å²) in [6.45, 7) is 6.75. The van der Waals surface area contributed by atoms with Gasteiger partial charge in [-0.25, -0.2) is 8.42 Å². The average molecular weight is 402 g/mol. The van der Waals surface area contributed by atoms with Crippen LogP contribution in [0.2, 0.25) is 0 Å². The largest absolute Gasteiger partial charge is 0.359 e. The molecule has 0 saturated heterocycles. The predicted octanol–water partition coefficient (Wildman–Crippen LogP) is 3.11. The van der Waals surface area contributed by atoms with Crippen LogP contribution in [0.1, 0.15) is 26.3 Å². The zero-order valence-electron chi connectivity index (χ0n) is 16.6. The monoisotopic (exact) mass is 401 g/mol. The van der Waals surface area contributed by atoms with Crippen molar-refractivity contribution in [1.29, 1.82) is 0 Å². The molecule has 0 unspecified atom stereocenters. The van der Waals surface area contributed by atoms with Crippen LogP contribution in [-0.2, 0) is 21.2 Å². The molecule has 6 nitrogen and oxygen atoms in total. The van der Waals surface area contributed by atoms with Gasteiger partial charge in [0.05, 0.1) is 11.4 Å². The maximum atomic E-state index is 12.7. The van der Waals surface area contributed by atoms with Crippen molar-refractivity contribution in [1.82, 2.24) is 4.31 Å². The normalized spacial score (nSPS) is 16.3. The fourth-order valence-corrected chi connectivity index (χ4v) is 5.18. The highest BCUT2D eigenvalue weighted by Gasteiger charge is 2.27. The van der Waals surface area contributed by atoms with Crippen molar-refractivity contribution >= 4 is 27.3 Å². The van der Waals surface area contributed by atoms with Crippen molar-refractivity contribution in [3.05, 3.63) is 54.1 Å². The molecule has 0 radical (unpaired) electrons. The van der Waals surface area contributed by atoms with Crippen LogP contribution < -0.4 is 10.2 Å². The Bertz CT molecular complexity index is 955. The number of hydrogen-bond acceptors (Lipinski definition) is 4. The van der Waals surface area contributed by atoms with Crippen LogP contribution in [0.4, 0.5) is 11.4 Å². The summed E-state index contributed by atoms with van der Waals surface area (Å²) in [6.07, 6.45) is 0.918. The molecular formula is C21H27N3O3S. The molecule has 1 N–H and O–H groups in total. The quantitative estimate of drug-likeness (QED) is 0.774. The number of benzene rings is 2. The van der Waals surface area contributed by atoms with Gasteiger partial charge in [0.15, 0.2) is 0 Å². The van der Waals surface area contributed by atoms with E-state index in [2.05, 4.69) is 23.2 Å². The van der Waals surface area contributed by atoms with Gasteiger partial charge in [0, 0.05) is 30.5 Å². The van der Waals surface area contributed by atoms with Crippen molar-refractivity contribution in [2.75, 3.05) is 29.9 Å². The second kappa shape index (κ2) is 8.32. The lowest BCUT2D eigenvalue weighted by Crippen LogP contribution is -2.37. The van der Waals surface area contributed by atoms with Crippen molar-refractivity contribution in [2.24, 2.45) is 0 Å². The number of rotatable bonds is 7. The molecule has 3 rings (SSSR count). The average Bonchev–Trinajstić information content (AvgIpc) is 2.98. The third kappa shape index (κ3) is 4.05. The summed E-state index contributed by atoms with van der Waals surface area (Å²) in [6, 6.07) is 14.8. The number of carbonyl (C=O) groups is 1. The first-order valence-electron chi connectivity index (χ1n) is 9.61. The summed E-state index contributed by atoms with van der Waals surface area (Å²) in [4.78, 5) is 14.9. The van der Waals surface area contributed by atoms with Gasteiger partial charge in [0.2, 0.25) is 15.9 Å². The maximum absolute atomic E-state index is 12.7. The van der Waals surface area contributed by atoms with Gasteiger partial charge < -0.3 is 10.2 Å². The Labute approximate surface area is 167 Å². The summed E-state index contributed by atoms with van der Waals surface area (Å²) in [5.74, 6) is -0.166. The Morgan fingerprint density at radius 1 is 1.14 bits per heavy atom. The lowest BCUT2D eigenvalue weighted by atomic mass is 10.1. The van der Waals surface area contributed by atoms with Crippen LogP contribution in [0.5, 0.6) is 0 Å². The number of carbonyl (C=O) groups excluding carboxylic acids is 1. The Balaban J connectivity index is 1.74. The zero-order chi connectivity index (χ0) is 20.3. The Hall–Kier alpha value is -2.38. The minimum atomic E-state index is -3.56. The van der Waals surface area contributed by atoms with E-state index in [1.54, 1.807) is 18.2 Å². The molecule has 1 atom stereocenters. The van der Waals surface area contributed by atoms with Gasteiger partial charge in [-0.2, -0.15) is 4.31 Å². The first-order valence-corrected chi connectivity index (χ1v) is 11.1. The maximum Gasteiger partial charge on any atom is 0.243 e. The molecule has 2 aromatic carbocycles. The highest BCUT2D eigenvalue weighted by molar-refractivity contribution is 7.89. The molecule has 0 bridgehead atoms. The molecule has 150 valence electrons. The molecule has 1 aliphatic heterocycles. The molecule has 0 spiro atoms. The summed E-state index contributed by atoms with van der Waals surface area (Å²) in [7, 11) is -3.56. The van der Waals surface area contributed by atoms with E-state index in [0.29, 0.717) is 18.8 Å². The Morgan fingerprint density at radius 2 is 1.86 bits per heavy atom. The molecule has 7 heteroatoms. The van der Waals surface area contributed by atoms with Gasteiger partial charge >= 0.3 is 0 Å². The zero-order valence-corrected chi connectivity index (χ0v) is 17.4. The SMILES string of the molecule is CCN(CC)S(=O)(=O)c1cccc(NC(=O)CN2c3ccccc3C[C@@H]2C)c1. The number of sulfonamides is 1. The summed E-state index contributed by atoms with van der Waals surface area (Å²) in [5.41, 5.74) is 2.82. The smallest absolute Gasteiger partial charge is 0.243 e. The van der Waals surface area contributed by atoms with E-state index in [1.807, 2.05) is 32.0 Å². The van der Waals surface area contributed by atoms with Gasteiger partial charge in [-0.1, -0.05) is 38.1 Å². The van der Waals surface area contributed by atoms with Crippen molar-refractivity contribution in [2.45, 2.75) is 38.1 Å². The molecular weight excluding hydrogens is 374 g/mol. The van der Waals surface area contributed by atoms with Crippen molar-refractivity contribution in [3.8, 4) is 0 Å². The van der Waals surface area contributed by atoms with E-state index in [-0.39, 0.29) is 23.4 Å². The second-order valence-electron chi connectivity index (χ2n) is 6.98. The lowest BCUT2D eigenvalue weighted by Gasteiger charge is -2.24. The number of nitrogens with zero attached hydrogens (tertiary/aromatic N) is 2. The highest BCUT2D eigenvalue weighted by Crippen LogP contribution is 2.31. The predicted molar refractivity (Wildman–Crippen MR) is 112 cm³/mol. The molecule has 28 heavy (non-hydrogen) atoms. The van der Waals surface area contributed by atoms with Crippen LogP contribution >= 0.6 is 0 Å². The van der Waals surface area contributed by atoms with E-state index < -0.39 is 10.0 Å². The van der Waals surface area contributed by atoms with Crippen LogP contribution in [0.3, 0.4) is 0 Å². The fourth-order valence-electron chi connectivity index (χ4n) is 3.67. The van der Waals surface area contributed by atoms with Gasteiger partial charge in [0.1, 0.15) is 0 Å². The minimum absolute atomic E-state index is 0.166. The van der Waals surface area contributed by atoms with Crippen LogP contribution in [0.15, 0.2) is 53.4 Å². The van der Waals surface area contributed by atoms with Crippen molar-refractivity contribution in [3.63, 3.8) is 0 Å². The second-order valence-corrected chi connectivity index (χ2v) is 8.91. The number of hydrogen-bond donors (Lipinski definition) is 1. The van der Waals surface area contributed by atoms with E-state index in [4.69, 9.17) is 0 Å². The minimum Gasteiger partial charge on any atom is -0.359 e. The molecule has 0 aromatic heterocycles. The molecule has 1 aliphatic rings. The summed E-state index contributed by atoms with van der Waals surface area (Å²) >= 11 is 0. The fraction of sp³-hybridized carbons (Fsp3) is 0.381. The lowest BCUT2D eigenvalue weighted by molar-refractivity contribution is -0.115. The molecule has 2 aromatic rings. The number of amides is 1. The van der Waals surface area contributed by atoms with Crippen LogP contribution in [0, 0.1) is 0 Å². The van der Waals surface area contributed by atoms with E-state index in [0.717, 1.165) is 12.1 Å². The molecule has 1 heterocycles. The Morgan fingerprint density at radius 3 is 2.57 bits per heavy atom. The van der Waals surface area contributed by atoms with Crippen molar-refractivity contribution < 1.29 is 13.2 Å². The van der Waals surface area contributed by atoms with E-state index in [9.17, 15) is 13.2 Å². The molecule has 1 amide bonds. The number of nitrogens with one attached hydrogen (secondary N) is 1. The number of fused-ring (bicyclic) bond motifs is 1. The van der Waals surface area contributed by atoms with Crippen LogP contribution in [0.25, 0.3) is 0 Å². The Kier molecular flexibility index (Phi) is 6.05. The first-order chi connectivity index (χ1) is 13.4. The third-order valence-electron chi connectivity index (χ3n) is 5.12. The van der Waals surface area contributed by atoms with Gasteiger partial charge in [-0.3, -0.25) is 4.79 Å². The highest BCUT2D eigenvalue weighted by atomic mass is 32.2. The third-order valence-corrected chi connectivity index (χ3v) is 7.17. The summed E-state index contributed by atoms with van der Waals surface area (Å²) in [5, 5.41) is 2.84. The topological polar surface area (TPSA) is 69.7 Å². The molecule has 0 aliphatic carbocycles. The number of para-hydroxylation sites is 1. The van der Waals surface area contributed by atoms with E-state index in [1.165, 1.54) is 15.9 Å². The van der Waals surface area contributed by atoms with Gasteiger partial charge in [-0.15, -0.1) is 0 Å². The molecule has 0 saturated carbocycles. The standard InChI is InChI=1S/C21H27N3O3S/c1-4-23(5-2)28(26,27)19-11-8-10-18(14-19)22-21(25)15-24-16(3)13-17-9-6-7-12-20(17)24/h6-12,14,16H,4-5,13,15H2,1-3H3,(H,22,25)/t16-/m0/s1. The van der Waals surface area contributed by atoms with Gasteiger partial charge in [-0.05, 0) is 43.2 Å². The number of anilines is 2. The first kappa shape index (κ1) is 20.4. The van der Waals surface area contributed by atoms with E-state index >= 15 is 0 Å².